The molecule has 1 aliphatic rings. The summed E-state index contributed by atoms with van der Waals surface area (Å²) in [5, 5.41) is 3.20. The zero-order valence-electron chi connectivity index (χ0n) is 16.3. The van der Waals surface area contributed by atoms with E-state index in [1.54, 1.807) is 24.5 Å². The van der Waals surface area contributed by atoms with Crippen molar-refractivity contribution in [2.45, 2.75) is 24.9 Å². The van der Waals surface area contributed by atoms with E-state index in [-0.39, 0.29) is 6.42 Å². The summed E-state index contributed by atoms with van der Waals surface area (Å²) in [5.41, 5.74) is 2.09. The standard InChI is InChI=1S/C19H20Cl2N4O5/c1-29-14(26)8-13(18(27)30-2)24-19(28)25-7-6-12-16(23-9-22-12)17(25)10-4-3-5-11(20)15(10)21/h3-5,9,13,17H,6-8H2,1-2H3,(H,22,23)(H,24,28)/t13-,17?/m0/s1. The first-order valence-electron chi connectivity index (χ1n) is 9.05. The number of carbonyl (C=O) groups excluding carboxylic acids is 3. The number of rotatable bonds is 5. The molecule has 1 aliphatic heterocycles. The molecule has 1 unspecified atom stereocenters. The highest BCUT2D eigenvalue weighted by molar-refractivity contribution is 6.42. The molecule has 30 heavy (non-hydrogen) atoms. The number of esters is 2. The van der Waals surface area contributed by atoms with Crippen molar-refractivity contribution in [2.75, 3.05) is 20.8 Å². The second-order valence-electron chi connectivity index (χ2n) is 6.56. The fraction of sp³-hybridized carbons (Fsp3) is 0.368. The number of nitrogens with one attached hydrogen (secondary N) is 2. The maximum atomic E-state index is 13.2. The van der Waals surface area contributed by atoms with Crippen LogP contribution in [0, 0.1) is 0 Å². The largest absolute Gasteiger partial charge is 0.469 e. The van der Waals surface area contributed by atoms with Crippen LogP contribution in [0.4, 0.5) is 4.79 Å². The number of nitrogens with zero attached hydrogens (tertiary/aromatic N) is 2. The van der Waals surface area contributed by atoms with E-state index in [0.29, 0.717) is 34.3 Å². The van der Waals surface area contributed by atoms with Gasteiger partial charge in [0.2, 0.25) is 0 Å². The molecule has 2 atom stereocenters. The Morgan fingerprint density at radius 2 is 2.07 bits per heavy atom. The van der Waals surface area contributed by atoms with E-state index in [4.69, 9.17) is 27.9 Å². The molecule has 0 saturated carbocycles. The van der Waals surface area contributed by atoms with E-state index in [0.717, 1.165) is 5.69 Å². The number of benzene rings is 1. The number of methoxy groups -OCH3 is 2. The first-order chi connectivity index (χ1) is 14.4. The highest BCUT2D eigenvalue weighted by atomic mass is 35.5. The van der Waals surface area contributed by atoms with Gasteiger partial charge >= 0.3 is 18.0 Å². The van der Waals surface area contributed by atoms with Crippen LogP contribution in [0.3, 0.4) is 0 Å². The Bertz CT molecular complexity index is 964. The van der Waals surface area contributed by atoms with Crippen LogP contribution in [0.15, 0.2) is 24.5 Å². The summed E-state index contributed by atoms with van der Waals surface area (Å²) in [4.78, 5) is 45.8. The molecule has 9 nitrogen and oxygen atoms in total. The van der Waals surface area contributed by atoms with Crippen LogP contribution in [-0.2, 0) is 25.5 Å². The lowest BCUT2D eigenvalue weighted by atomic mass is 9.96. The molecule has 0 radical (unpaired) electrons. The van der Waals surface area contributed by atoms with Crippen molar-refractivity contribution >= 4 is 41.2 Å². The van der Waals surface area contributed by atoms with Crippen LogP contribution in [0.25, 0.3) is 0 Å². The lowest BCUT2D eigenvalue weighted by Crippen LogP contribution is -2.52. The van der Waals surface area contributed by atoms with Gasteiger partial charge in [-0.1, -0.05) is 35.3 Å². The summed E-state index contributed by atoms with van der Waals surface area (Å²) in [7, 11) is 2.36. The number of aromatic nitrogens is 2. The number of fused-ring (bicyclic) bond motifs is 1. The van der Waals surface area contributed by atoms with Crippen LogP contribution >= 0.6 is 23.2 Å². The molecule has 0 bridgehead atoms. The van der Waals surface area contributed by atoms with Crippen molar-refractivity contribution in [1.29, 1.82) is 0 Å². The maximum Gasteiger partial charge on any atom is 0.329 e. The molecule has 2 N–H and O–H groups in total. The lowest BCUT2D eigenvalue weighted by Gasteiger charge is -2.36. The molecular formula is C19H20Cl2N4O5. The van der Waals surface area contributed by atoms with E-state index in [9.17, 15) is 14.4 Å². The zero-order chi connectivity index (χ0) is 21.8. The average Bonchev–Trinajstić information content (AvgIpc) is 3.22. The topological polar surface area (TPSA) is 114 Å². The predicted molar refractivity (Wildman–Crippen MR) is 108 cm³/mol. The first kappa shape index (κ1) is 21.9. The fourth-order valence-electron chi connectivity index (χ4n) is 3.36. The lowest BCUT2D eigenvalue weighted by molar-refractivity contribution is -0.149. The first-order valence-corrected chi connectivity index (χ1v) is 9.80. The summed E-state index contributed by atoms with van der Waals surface area (Å²) in [5.74, 6) is -1.42. The van der Waals surface area contributed by atoms with Gasteiger partial charge in [0.15, 0.2) is 0 Å². The Morgan fingerprint density at radius 3 is 2.77 bits per heavy atom. The summed E-state index contributed by atoms with van der Waals surface area (Å²) in [6.45, 7) is 0.320. The molecule has 0 saturated heterocycles. The van der Waals surface area contributed by atoms with Crippen LogP contribution in [0.5, 0.6) is 0 Å². The van der Waals surface area contributed by atoms with E-state index in [2.05, 4.69) is 20.0 Å². The molecule has 1 aromatic carbocycles. The van der Waals surface area contributed by atoms with E-state index < -0.39 is 30.1 Å². The summed E-state index contributed by atoms with van der Waals surface area (Å²) in [6.07, 6.45) is 1.71. The monoisotopic (exact) mass is 454 g/mol. The number of carbonyl (C=O) groups is 3. The molecule has 3 rings (SSSR count). The van der Waals surface area contributed by atoms with E-state index in [1.165, 1.54) is 19.1 Å². The molecular weight excluding hydrogens is 435 g/mol. The van der Waals surface area contributed by atoms with Gasteiger partial charge in [0.05, 0.1) is 42.7 Å². The van der Waals surface area contributed by atoms with Crippen molar-refractivity contribution in [3.63, 3.8) is 0 Å². The maximum absolute atomic E-state index is 13.2. The minimum Gasteiger partial charge on any atom is -0.469 e. The predicted octanol–water partition coefficient (Wildman–Crippen LogP) is 2.48. The Balaban J connectivity index is 1.94. The highest BCUT2D eigenvalue weighted by Gasteiger charge is 2.37. The third kappa shape index (κ3) is 4.36. The summed E-state index contributed by atoms with van der Waals surface area (Å²) >= 11 is 12.6. The Labute approximate surface area is 182 Å². The molecule has 2 amide bonds. The highest BCUT2D eigenvalue weighted by Crippen LogP contribution is 2.39. The van der Waals surface area contributed by atoms with Gasteiger partial charge in [-0.05, 0) is 6.07 Å². The third-order valence-electron chi connectivity index (χ3n) is 4.84. The van der Waals surface area contributed by atoms with Crippen LogP contribution in [0.1, 0.15) is 29.4 Å². The molecule has 11 heteroatoms. The third-order valence-corrected chi connectivity index (χ3v) is 5.68. The number of ether oxygens (including phenoxy) is 2. The number of hydrogen-bond donors (Lipinski definition) is 2. The minimum absolute atomic E-state index is 0.303. The average molecular weight is 455 g/mol. The number of amides is 2. The van der Waals surface area contributed by atoms with Crippen LogP contribution in [0.2, 0.25) is 10.0 Å². The Hall–Kier alpha value is -2.78. The van der Waals surface area contributed by atoms with Gasteiger partial charge in [-0.25, -0.2) is 14.6 Å². The van der Waals surface area contributed by atoms with Gasteiger partial charge < -0.3 is 24.7 Å². The second kappa shape index (κ2) is 9.36. The van der Waals surface area contributed by atoms with Crippen LogP contribution < -0.4 is 5.32 Å². The molecule has 2 aromatic rings. The molecule has 160 valence electrons. The molecule has 0 spiro atoms. The summed E-state index contributed by atoms with van der Waals surface area (Å²) < 4.78 is 9.30. The van der Waals surface area contributed by atoms with Gasteiger partial charge in [0, 0.05) is 24.2 Å². The normalized spacial score (nSPS) is 16.4. The van der Waals surface area contributed by atoms with Gasteiger partial charge in [-0.2, -0.15) is 0 Å². The smallest absolute Gasteiger partial charge is 0.329 e. The Morgan fingerprint density at radius 1 is 1.30 bits per heavy atom. The SMILES string of the molecule is COC(=O)C[C@H](NC(=O)N1CCc2[nH]cnc2C1c1cccc(Cl)c1Cl)C(=O)OC. The molecule has 0 fully saturated rings. The van der Waals surface area contributed by atoms with Crippen molar-refractivity contribution < 1.29 is 23.9 Å². The van der Waals surface area contributed by atoms with Crippen molar-refractivity contribution in [3.05, 3.63) is 51.5 Å². The van der Waals surface area contributed by atoms with Gasteiger partial charge in [-0.15, -0.1) is 0 Å². The van der Waals surface area contributed by atoms with Gasteiger partial charge in [0.25, 0.3) is 0 Å². The number of hydrogen-bond acceptors (Lipinski definition) is 6. The van der Waals surface area contributed by atoms with Crippen molar-refractivity contribution in [1.82, 2.24) is 20.2 Å². The molecule has 0 aliphatic carbocycles. The second-order valence-corrected chi connectivity index (χ2v) is 7.35. The van der Waals surface area contributed by atoms with E-state index >= 15 is 0 Å². The number of urea groups is 1. The van der Waals surface area contributed by atoms with Gasteiger partial charge in [0.1, 0.15) is 12.1 Å². The number of halogens is 2. The summed E-state index contributed by atoms with van der Waals surface area (Å²) in [6, 6.07) is 2.72. The van der Waals surface area contributed by atoms with E-state index in [1.807, 2.05) is 0 Å². The molecule has 1 aromatic heterocycles. The quantitative estimate of drug-likeness (QED) is 0.670. The van der Waals surface area contributed by atoms with Crippen molar-refractivity contribution in [2.24, 2.45) is 0 Å². The van der Waals surface area contributed by atoms with Crippen molar-refractivity contribution in [3.8, 4) is 0 Å². The Kier molecular flexibility index (Phi) is 6.84. The number of aromatic amines is 1. The molecule has 2 heterocycles. The fourth-order valence-corrected chi connectivity index (χ4v) is 3.77. The number of imidazole rings is 1. The number of H-pyrrole nitrogens is 1. The zero-order valence-corrected chi connectivity index (χ0v) is 17.8. The minimum atomic E-state index is -1.20. The van der Waals surface area contributed by atoms with Gasteiger partial charge in [-0.3, -0.25) is 4.79 Å². The van der Waals surface area contributed by atoms with Crippen LogP contribution in [-0.4, -0.2) is 59.6 Å².